The molecular weight excluding hydrogens is 390 g/mol. The Morgan fingerprint density at radius 2 is 1.73 bits per heavy atom. The highest BCUT2D eigenvalue weighted by Gasteiger charge is 2.17. The molecule has 3 rings (SSSR count). The first-order chi connectivity index (χ1) is 12.4. The Labute approximate surface area is 162 Å². The molecule has 1 heterocycles. The zero-order valence-corrected chi connectivity index (χ0v) is 16.6. The van der Waals surface area contributed by atoms with E-state index in [4.69, 9.17) is 11.6 Å². The number of rotatable bonds is 7. The molecule has 0 bridgehead atoms. The summed E-state index contributed by atoms with van der Waals surface area (Å²) in [5.41, 5.74) is 1.90. The van der Waals surface area contributed by atoms with Crippen molar-refractivity contribution >= 4 is 33.2 Å². The molecule has 0 aliphatic rings. The van der Waals surface area contributed by atoms with Crippen molar-refractivity contribution in [3.63, 3.8) is 0 Å². The Morgan fingerprint density at radius 3 is 2.42 bits per heavy atom. The van der Waals surface area contributed by atoms with E-state index in [1.807, 2.05) is 59.2 Å². The number of benzene rings is 2. The van der Waals surface area contributed by atoms with Crippen molar-refractivity contribution in [3.05, 3.63) is 65.2 Å². The SMILES string of the molecule is CS(=O)(=O)CCSc1nnc(-c2ccccc2Cl)n1Cc1ccccc1. The van der Waals surface area contributed by atoms with Crippen molar-refractivity contribution in [1.29, 1.82) is 0 Å². The molecule has 5 nitrogen and oxygen atoms in total. The molecule has 0 N–H and O–H groups in total. The second-order valence-electron chi connectivity index (χ2n) is 5.84. The van der Waals surface area contributed by atoms with E-state index in [1.54, 1.807) is 0 Å². The number of halogens is 1. The maximum absolute atomic E-state index is 11.4. The molecule has 0 fully saturated rings. The summed E-state index contributed by atoms with van der Waals surface area (Å²) in [7, 11) is -3.02. The van der Waals surface area contributed by atoms with E-state index in [-0.39, 0.29) is 5.75 Å². The molecule has 0 amide bonds. The maximum Gasteiger partial charge on any atom is 0.191 e. The van der Waals surface area contributed by atoms with E-state index in [2.05, 4.69) is 10.2 Å². The molecule has 26 heavy (non-hydrogen) atoms. The first-order valence-corrected chi connectivity index (χ1v) is 11.4. The van der Waals surface area contributed by atoms with Gasteiger partial charge in [-0.25, -0.2) is 8.42 Å². The van der Waals surface area contributed by atoms with Crippen LogP contribution in [0.1, 0.15) is 5.56 Å². The molecule has 1 aromatic heterocycles. The first kappa shape index (κ1) is 18.9. The molecular formula is C18H18ClN3O2S2. The number of hydrogen-bond acceptors (Lipinski definition) is 5. The van der Waals surface area contributed by atoms with Crippen LogP contribution in [0, 0.1) is 0 Å². The van der Waals surface area contributed by atoms with Crippen molar-refractivity contribution in [2.45, 2.75) is 11.7 Å². The average Bonchev–Trinajstić information content (AvgIpc) is 2.98. The van der Waals surface area contributed by atoms with Crippen molar-refractivity contribution in [2.24, 2.45) is 0 Å². The molecule has 8 heteroatoms. The highest BCUT2D eigenvalue weighted by molar-refractivity contribution is 8.00. The van der Waals surface area contributed by atoms with Crippen LogP contribution in [-0.4, -0.2) is 40.9 Å². The number of sulfone groups is 1. The zero-order valence-electron chi connectivity index (χ0n) is 14.2. The summed E-state index contributed by atoms with van der Waals surface area (Å²) < 4.78 is 24.8. The fourth-order valence-electron chi connectivity index (χ4n) is 2.43. The molecule has 0 aliphatic heterocycles. The number of thioether (sulfide) groups is 1. The molecule has 0 aliphatic carbocycles. The van der Waals surface area contributed by atoms with Crippen LogP contribution >= 0.6 is 23.4 Å². The van der Waals surface area contributed by atoms with Crippen molar-refractivity contribution in [3.8, 4) is 11.4 Å². The molecule has 0 radical (unpaired) electrons. The third-order valence-corrected chi connectivity index (χ3v) is 6.20. The van der Waals surface area contributed by atoms with Gasteiger partial charge in [0.1, 0.15) is 9.84 Å². The summed E-state index contributed by atoms with van der Waals surface area (Å²) in [6.07, 6.45) is 1.23. The van der Waals surface area contributed by atoms with Crippen molar-refractivity contribution in [2.75, 3.05) is 17.8 Å². The minimum atomic E-state index is -3.02. The lowest BCUT2D eigenvalue weighted by atomic mass is 10.2. The first-order valence-electron chi connectivity index (χ1n) is 7.96. The van der Waals surface area contributed by atoms with E-state index >= 15 is 0 Å². The van der Waals surface area contributed by atoms with E-state index in [1.165, 1.54) is 18.0 Å². The van der Waals surface area contributed by atoms with Gasteiger partial charge < -0.3 is 0 Å². The molecule has 2 aromatic carbocycles. The van der Waals surface area contributed by atoms with Gasteiger partial charge in [0.25, 0.3) is 0 Å². The maximum atomic E-state index is 11.4. The Morgan fingerprint density at radius 1 is 1.04 bits per heavy atom. The second-order valence-corrected chi connectivity index (χ2v) is 9.57. The van der Waals surface area contributed by atoms with Crippen LogP contribution < -0.4 is 0 Å². The summed E-state index contributed by atoms with van der Waals surface area (Å²) in [6.45, 7) is 0.579. The average molecular weight is 408 g/mol. The third kappa shape index (κ3) is 4.87. The van der Waals surface area contributed by atoms with Gasteiger partial charge in [-0.1, -0.05) is 65.8 Å². The van der Waals surface area contributed by atoms with Gasteiger partial charge in [-0.05, 0) is 17.7 Å². The number of aromatic nitrogens is 3. The lowest BCUT2D eigenvalue weighted by molar-refractivity contribution is 0.603. The standard InChI is InChI=1S/C18H18ClN3O2S2/c1-26(23,24)12-11-25-18-21-20-17(15-9-5-6-10-16(15)19)22(18)13-14-7-3-2-4-8-14/h2-10H,11-13H2,1H3. The fourth-order valence-corrected chi connectivity index (χ4v) is 4.78. The molecule has 0 saturated heterocycles. The fraction of sp³-hybridized carbons (Fsp3) is 0.222. The summed E-state index contributed by atoms with van der Waals surface area (Å²) in [5, 5.41) is 9.86. The topological polar surface area (TPSA) is 64.8 Å². The Balaban J connectivity index is 1.95. The largest absolute Gasteiger partial charge is 0.298 e. The number of hydrogen-bond donors (Lipinski definition) is 0. The van der Waals surface area contributed by atoms with Gasteiger partial charge in [0, 0.05) is 17.6 Å². The molecule has 0 saturated carbocycles. The van der Waals surface area contributed by atoms with Gasteiger partial charge in [-0.2, -0.15) is 0 Å². The van der Waals surface area contributed by atoms with Gasteiger partial charge in [-0.3, -0.25) is 4.57 Å². The quantitative estimate of drug-likeness (QED) is 0.557. The van der Waals surface area contributed by atoms with Crippen molar-refractivity contribution in [1.82, 2.24) is 14.8 Å². The van der Waals surface area contributed by atoms with Crippen LogP contribution in [-0.2, 0) is 16.4 Å². The van der Waals surface area contributed by atoms with Crippen LogP contribution in [0.2, 0.25) is 5.02 Å². The monoisotopic (exact) mass is 407 g/mol. The van der Waals surface area contributed by atoms with E-state index in [0.717, 1.165) is 11.1 Å². The second kappa shape index (κ2) is 8.24. The minimum Gasteiger partial charge on any atom is -0.298 e. The van der Waals surface area contributed by atoms with Crippen LogP contribution in [0.4, 0.5) is 0 Å². The van der Waals surface area contributed by atoms with Gasteiger partial charge in [0.2, 0.25) is 0 Å². The predicted octanol–water partition coefficient (Wildman–Crippen LogP) is 3.78. The van der Waals surface area contributed by atoms with Gasteiger partial charge in [-0.15, -0.1) is 10.2 Å². The Bertz CT molecular complexity index is 989. The smallest absolute Gasteiger partial charge is 0.191 e. The molecule has 0 atom stereocenters. The normalized spacial score (nSPS) is 11.6. The van der Waals surface area contributed by atoms with E-state index in [0.29, 0.717) is 28.3 Å². The van der Waals surface area contributed by atoms with E-state index < -0.39 is 9.84 Å². The molecule has 136 valence electrons. The van der Waals surface area contributed by atoms with E-state index in [9.17, 15) is 8.42 Å². The van der Waals surface area contributed by atoms with Crippen LogP contribution in [0.5, 0.6) is 0 Å². The lowest BCUT2D eigenvalue weighted by Gasteiger charge is -2.11. The molecule has 3 aromatic rings. The van der Waals surface area contributed by atoms with Crippen LogP contribution in [0.25, 0.3) is 11.4 Å². The lowest BCUT2D eigenvalue weighted by Crippen LogP contribution is -2.08. The van der Waals surface area contributed by atoms with Crippen LogP contribution in [0.3, 0.4) is 0 Å². The Kier molecular flexibility index (Phi) is 6.01. The highest BCUT2D eigenvalue weighted by Crippen LogP contribution is 2.30. The summed E-state index contributed by atoms with van der Waals surface area (Å²) >= 11 is 7.72. The van der Waals surface area contributed by atoms with Crippen LogP contribution in [0.15, 0.2) is 59.8 Å². The highest BCUT2D eigenvalue weighted by atomic mass is 35.5. The zero-order chi connectivity index (χ0) is 18.6. The summed E-state index contributed by atoms with van der Waals surface area (Å²) in [5.74, 6) is 1.19. The molecule has 0 unspecified atom stereocenters. The third-order valence-electron chi connectivity index (χ3n) is 3.70. The van der Waals surface area contributed by atoms with Gasteiger partial charge in [0.15, 0.2) is 11.0 Å². The van der Waals surface area contributed by atoms with Gasteiger partial charge in [0.05, 0.1) is 17.3 Å². The van der Waals surface area contributed by atoms with Crippen molar-refractivity contribution < 1.29 is 8.42 Å². The van der Waals surface area contributed by atoms with Gasteiger partial charge >= 0.3 is 0 Å². The summed E-state index contributed by atoms with van der Waals surface area (Å²) in [4.78, 5) is 0. The minimum absolute atomic E-state index is 0.0945. The molecule has 0 spiro atoms. The Hall–Kier alpha value is -1.83. The summed E-state index contributed by atoms with van der Waals surface area (Å²) in [6, 6.07) is 17.5. The number of nitrogens with zero attached hydrogens (tertiary/aromatic N) is 3. The predicted molar refractivity (Wildman–Crippen MR) is 106 cm³/mol.